The van der Waals surface area contributed by atoms with Crippen LogP contribution in [0.2, 0.25) is 0 Å². The Morgan fingerprint density at radius 2 is 2.15 bits per heavy atom. The monoisotopic (exact) mass is 275 g/mol. The molecule has 0 bridgehead atoms. The lowest BCUT2D eigenvalue weighted by atomic mass is 10.1. The van der Waals surface area contributed by atoms with E-state index in [0.717, 1.165) is 30.4 Å². The quantitative estimate of drug-likeness (QED) is 0.864. The Morgan fingerprint density at radius 3 is 2.90 bits per heavy atom. The molecule has 20 heavy (non-hydrogen) atoms. The molecule has 1 aliphatic heterocycles. The fraction of sp³-hybridized carbons (Fsp3) is 0.533. The van der Waals surface area contributed by atoms with E-state index >= 15 is 0 Å². The first kappa shape index (κ1) is 13.4. The van der Waals surface area contributed by atoms with E-state index in [9.17, 15) is 4.79 Å². The predicted octanol–water partition coefficient (Wildman–Crippen LogP) is 1.77. The second-order valence-corrected chi connectivity index (χ2v) is 5.64. The Labute approximate surface area is 119 Å². The SMILES string of the molecule is NCC1CCC(NC(=O)N2Cc3ccccc3CO2)C1. The molecule has 2 amide bonds. The van der Waals surface area contributed by atoms with E-state index in [-0.39, 0.29) is 12.1 Å². The lowest BCUT2D eigenvalue weighted by Crippen LogP contribution is -2.45. The first-order chi connectivity index (χ1) is 9.76. The van der Waals surface area contributed by atoms with E-state index in [1.54, 1.807) is 0 Å². The third kappa shape index (κ3) is 2.78. The minimum Gasteiger partial charge on any atom is -0.333 e. The maximum atomic E-state index is 12.2. The summed E-state index contributed by atoms with van der Waals surface area (Å²) in [6.07, 6.45) is 3.09. The maximum Gasteiger partial charge on any atom is 0.341 e. The van der Waals surface area contributed by atoms with Crippen molar-refractivity contribution in [2.45, 2.75) is 38.5 Å². The Morgan fingerprint density at radius 1 is 1.35 bits per heavy atom. The Balaban J connectivity index is 1.57. The minimum atomic E-state index is -0.137. The van der Waals surface area contributed by atoms with E-state index < -0.39 is 0 Å². The van der Waals surface area contributed by atoms with E-state index in [1.807, 2.05) is 24.3 Å². The Kier molecular flexibility index (Phi) is 3.89. The number of carbonyl (C=O) groups excluding carboxylic acids is 1. The number of nitrogens with one attached hydrogen (secondary N) is 1. The standard InChI is InChI=1S/C15H21N3O2/c16-8-11-5-6-14(7-11)17-15(19)18-9-12-3-1-2-4-13(12)10-20-18/h1-4,11,14H,5-10,16H2,(H,17,19). The number of carbonyl (C=O) groups is 1. The molecule has 3 N–H and O–H groups in total. The predicted molar refractivity (Wildman–Crippen MR) is 75.5 cm³/mol. The van der Waals surface area contributed by atoms with Gasteiger partial charge < -0.3 is 11.1 Å². The van der Waals surface area contributed by atoms with Crippen LogP contribution in [-0.2, 0) is 18.0 Å². The smallest absolute Gasteiger partial charge is 0.333 e. The van der Waals surface area contributed by atoms with Crippen LogP contribution < -0.4 is 11.1 Å². The average Bonchev–Trinajstić information content (AvgIpc) is 2.94. The molecule has 0 saturated heterocycles. The molecule has 1 aromatic rings. The Hall–Kier alpha value is -1.59. The number of benzene rings is 1. The van der Waals surface area contributed by atoms with Gasteiger partial charge >= 0.3 is 6.03 Å². The summed E-state index contributed by atoms with van der Waals surface area (Å²) in [7, 11) is 0. The first-order valence-corrected chi connectivity index (χ1v) is 7.24. The van der Waals surface area contributed by atoms with Crippen molar-refractivity contribution in [2.24, 2.45) is 11.7 Å². The van der Waals surface area contributed by atoms with Gasteiger partial charge in [-0.15, -0.1) is 0 Å². The van der Waals surface area contributed by atoms with Gasteiger partial charge in [-0.3, -0.25) is 4.84 Å². The molecule has 1 fully saturated rings. The van der Waals surface area contributed by atoms with Gasteiger partial charge in [0, 0.05) is 6.04 Å². The highest BCUT2D eigenvalue weighted by Gasteiger charge is 2.28. The van der Waals surface area contributed by atoms with Crippen molar-refractivity contribution in [1.29, 1.82) is 0 Å². The molecule has 5 heteroatoms. The molecule has 1 aliphatic carbocycles. The van der Waals surface area contributed by atoms with Gasteiger partial charge in [-0.2, -0.15) is 5.06 Å². The molecule has 2 aliphatic rings. The number of nitrogens with two attached hydrogens (primary N) is 1. The molecule has 108 valence electrons. The van der Waals surface area contributed by atoms with Gasteiger partial charge in [0.15, 0.2) is 0 Å². The number of rotatable bonds is 2. The molecule has 3 rings (SSSR count). The Bertz CT molecular complexity index is 492. The van der Waals surface area contributed by atoms with Crippen LogP contribution in [0, 0.1) is 5.92 Å². The van der Waals surface area contributed by atoms with E-state index in [1.165, 1.54) is 5.06 Å². The van der Waals surface area contributed by atoms with Crippen LogP contribution in [0.25, 0.3) is 0 Å². The fourth-order valence-electron chi connectivity index (χ4n) is 3.00. The molecular weight excluding hydrogens is 254 g/mol. The van der Waals surface area contributed by atoms with E-state index in [2.05, 4.69) is 5.32 Å². The van der Waals surface area contributed by atoms with Crippen LogP contribution in [0.15, 0.2) is 24.3 Å². The largest absolute Gasteiger partial charge is 0.341 e. The summed E-state index contributed by atoms with van der Waals surface area (Å²) >= 11 is 0. The van der Waals surface area contributed by atoms with Crippen molar-refractivity contribution in [1.82, 2.24) is 10.4 Å². The zero-order chi connectivity index (χ0) is 13.9. The van der Waals surface area contributed by atoms with Crippen LogP contribution in [0.4, 0.5) is 4.79 Å². The summed E-state index contributed by atoms with van der Waals surface area (Å²) in [5.41, 5.74) is 7.98. The molecule has 2 atom stereocenters. The fourth-order valence-corrected chi connectivity index (χ4v) is 3.00. The van der Waals surface area contributed by atoms with Gasteiger partial charge in [0.1, 0.15) is 6.61 Å². The van der Waals surface area contributed by atoms with Crippen molar-refractivity contribution in [3.8, 4) is 0 Å². The third-order valence-electron chi connectivity index (χ3n) is 4.24. The van der Waals surface area contributed by atoms with Crippen LogP contribution in [-0.4, -0.2) is 23.7 Å². The average molecular weight is 275 g/mol. The number of hydrogen-bond acceptors (Lipinski definition) is 3. The summed E-state index contributed by atoms with van der Waals surface area (Å²) in [6, 6.07) is 8.15. The van der Waals surface area contributed by atoms with Crippen molar-refractivity contribution < 1.29 is 9.63 Å². The zero-order valence-corrected chi connectivity index (χ0v) is 11.5. The van der Waals surface area contributed by atoms with Gasteiger partial charge in [0.05, 0.1) is 6.54 Å². The molecular formula is C15H21N3O2. The van der Waals surface area contributed by atoms with Gasteiger partial charge in [0.2, 0.25) is 0 Å². The van der Waals surface area contributed by atoms with Gasteiger partial charge in [-0.25, -0.2) is 4.79 Å². The summed E-state index contributed by atoms with van der Waals surface area (Å²) in [5.74, 6) is 0.545. The topological polar surface area (TPSA) is 67.6 Å². The number of nitrogens with zero attached hydrogens (tertiary/aromatic N) is 1. The summed E-state index contributed by atoms with van der Waals surface area (Å²) < 4.78 is 0. The van der Waals surface area contributed by atoms with Crippen molar-refractivity contribution in [3.05, 3.63) is 35.4 Å². The van der Waals surface area contributed by atoms with E-state index in [4.69, 9.17) is 10.6 Å². The molecule has 5 nitrogen and oxygen atoms in total. The number of hydrogen-bond donors (Lipinski definition) is 2. The van der Waals surface area contributed by atoms with Crippen LogP contribution >= 0.6 is 0 Å². The summed E-state index contributed by atoms with van der Waals surface area (Å²) in [4.78, 5) is 17.7. The van der Waals surface area contributed by atoms with Crippen molar-refractivity contribution in [3.63, 3.8) is 0 Å². The van der Waals surface area contributed by atoms with Gasteiger partial charge in [-0.05, 0) is 42.9 Å². The number of urea groups is 1. The highest BCUT2D eigenvalue weighted by atomic mass is 16.7. The number of fused-ring (bicyclic) bond motifs is 1. The molecule has 0 aromatic heterocycles. The second kappa shape index (κ2) is 5.81. The van der Waals surface area contributed by atoms with E-state index in [0.29, 0.717) is 25.6 Å². The van der Waals surface area contributed by atoms with Crippen LogP contribution in [0.1, 0.15) is 30.4 Å². The van der Waals surface area contributed by atoms with Crippen LogP contribution in [0.3, 0.4) is 0 Å². The molecule has 2 unspecified atom stereocenters. The molecule has 1 aromatic carbocycles. The highest BCUT2D eigenvalue weighted by molar-refractivity contribution is 5.73. The van der Waals surface area contributed by atoms with Crippen molar-refractivity contribution in [2.75, 3.05) is 6.54 Å². The lowest BCUT2D eigenvalue weighted by Gasteiger charge is -2.29. The molecule has 1 saturated carbocycles. The maximum absolute atomic E-state index is 12.2. The van der Waals surface area contributed by atoms with Gasteiger partial charge in [0.25, 0.3) is 0 Å². The van der Waals surface area contributed by atoms with Crippen molar-refractivity contribution >= 4 is 6.03 Å². The molecule has 0 spiro atoms. The second-order valence-electron chi connectivity index (χ2n) is 5.64. The number of hydroxylamine groups is 2. The first-order valence-electron chi connectivity index (χ1n) is 7.24. The zero-order valence-electron chi connectivity index (χ0n) is 11.5. The third-order valence-corrected chi connectivity index (χ3v) is 4.24. The minimum absolute atomic E-state index is 0.137. The van der Waals surface area contributed by atoms with Gasteiger partial charge in [-0.1, -0.05) is 24.3 Å². The summed E-state index contributed by atoms with van der Waals surface area (Å²) in [6.45, 7) is 1.68. The number of amides is 2. The normalized spacial score (nSPS) is 25.4. The highest BCUT2D eigenvalue weighted by Crippen LogP contribution is 2.25. The lowest BCUT2D eigenvalue weighted by molar-refractivity contribution is -0.145. The molecule has 0 radical (unpaired) electrons. The van der Waals surface area contributed by atoms with Crippen LogP contribution in [0.5, 0.6) is 0 Å². The molecule has 1 heterocycles. The summed E-state index contributed by atoms with van der Waals surface area (Å²) in [5, 5.41) is 4.48.